The number of alkyl halides is 2. The van der Waals surface area contributed by atoms with Gasteiger partial charge in [-0.15, -0.1) is 24.0 Å². The van der Waals surface area contributed by atoms with Crippen LogP contribution in [0.4, 0.5) is 14.5 Å². The molecule has 1 aliphatic rings. The van der Waals surface area contributed by atoms with Crippen LogP contribution in [0.25, 0.3) is 0 Å². The molecule has 1 unspecified atom stereocenters. The molecule has 10 heteroatoms. The van der Waals surface area contributed by atoms with E-state index in [1.54, 1.807) is 18.3 Å². The highest BCUT2D eigenvalue weighted by Gasteiger charge is 2.22. The smallest absolute Gasteiger partial charge is 0.387 e. The minimum atomic E-state index is -2.82. The summed E-state index contributed by atoms with van der Waals surface area (Å²) in [5, 5.41) is 6.79. The van der Waals surface area contributed by atoms with E-state index in [0.717, 1.165) is 49.9 Å². The second kappa shape index (κ2) is 12.4. The van der Waals surface area contributed by atoms with E-state index in [-0.39, 0.29) is 41.2 Å². The summed E-state index contributed by atoms with van der Waals surface area (Å²) in [6, 6.07) is 6.98. The van der Waals surface area contributed by atoms with Crippen LogP contribution in [0.15, 0.2) is 39.9 Å². The van der Waals surface area contributed by atoms with E-state index in [0.29, 0.717) is 12.4 Å². The second-order valence-corrected chi connectivity index (χ2v) is 8.87. The highest BCUT2D eigenvalue weighted by atomic mass is 127. The SMILES string of the molecule is CCNC(=NCc1ncc(C(C)(C)C)o1)NC1CCCN(c2ccc(OC(F)F)cc2)C1.I. The van der Waals surface area contributed by atoms with Crippen molar-refractivity contribution in [3.63, 3.8) is 0 Å². The monoisotopic (exact) mass is 577 g/mol. The number of hydrogen-bond acceptors (Lipinski definition) is 5. The number of ether oxygens (including phenoxy) is 1. The van der Waals surface area contributed by atoms with Gasteiger partial charge in [-0.1, -0.05) is 20.8 Å². The number of nitrogens with zero attached hydrogens (tertiary/aromatic N) is 3. The first-order valence-electron chi connectivity index (χ1n) is 11.0. The molecular weight excluding hydrogens is 543 g/mol. The van der Waals surface area contributed by atoms with Crippen molar-refractivity contribution in [3.8, 4) is 5.75 Å². The van der Waals surface area contributed by atoms with Crippen LogP contribution >= 0.6 is 24.0 Å². The molecule has 7 nitrogen and oxygen atoms in total. The molecule has 1 aliphatic heterocycles. The molecule has 0 spiro atoms. The van der Waals surface area contributed by atoms with Crippen molar-refractivity contribution >= 4 is 35.6 Å². The number of hydrogen-bond donors (Lipinski definition) is 2. The Bertz CT molecular complexity index is 884. The summed E-state index contributed by atoms with van der Waals surface area (Å²) in [5.74, 6) is 2.31. The van der Waals surface area contributed by atoms with E-state index >= 15 is 0 Å². The lowest BCUT2D eigenvalue weighted by Crippen LogP contribution is -2.51. The van der Waals surface area contributed by atoms with Crippen LogP contribution in [-0.2, 0) is 12.0 Å². The van der Waals surface area contributed by atoms with Gasteiger partial charge in [0.15, 0.2) is 5.96 Å². The fraction of sp³-hybridized carbons (Fsp3) is 0.565. The highest BCUT2D eigenvalue weighted by molar-refractivity contribution is 14.0. The lowest BCUT2D eigenvalue weighted by Gasteiger charge is -2.35. The zero-order valence-electron chi connectivity index (χ0n) is 19.6. The van der Waals surface area contributed by atoms with Gasteiger partial charge in [-0.25, -0.2) is 9.98 Å². The lowest BCUT2D eigenvalue weighted by atomic mass is 9.94. The molecular formula is C23H34F2IN5O2. The summed E-state index contributed by atoms with van der Waals surface area (Å²) in [6.45, 7) is 8.25. The van der Waals surface area contributed by atoms with Crippen LogP contribution in [0.3, 0.4) is 0 Å². The number of aromatic nitrogens is 1. The average molecular weight is 577 g/mol. The topological polar surface area (TPSA) is 74.9 Å². The summed E-state index contributed by atoms with van der Waals surface area (Å²) in [7, 11) is 0. The minimum absolute atomic E-state index is 0. The predicted molar refractivity (Wildman–Crippen MR) is 137 cm³/mol. The molecule has 2 aromatic rings. The number of aliphatic imine (C=N–C) groups is 1. The Hall–Kier alpha value is -2.11. The number of guanidine groups is 1. The molecule has 2 heterocycles. The van der Waals surface area contributed by atoms with Gasteiger partial charge in [0.2, 0.25) is 5.89 Å². The number of benzene rings is 1. The number of rotatable bonds is 7. The molecule has 0 radical (unpaired) electrons. The van der Waals surface area contributed by atoms with E-state index in [9.17, 15) is 8.78 Å². The van der Waals surface area contributed by atoms with Gasteiger partial charge in [-0.2, -0.15) is 8.78 Å². The van der Waals surface area contributed by atoms with Gasteiger partial charge in [0.05, 0.1) is 6.20 Å². The third kappa shape index (κ3) is 8.31. The van der Waals surface area contributed by atoms with Gasteiger partial charge < -0.3 is 24.7 Å². The Morgan fingerprint density at radius 1 is 1.30 bits per heavy atom. The molecule has 33 heavy (non-hydrogen) atoms. The van der Waals surface area contributed by atoms with Crippen LogP contribution < -0.4 is 20.3 Å². The summed E-state index contributed by atoms with van der Waals surface area (Å²) >= 11 is 0. The maximum atomic E-state index is 12.4. The van der Waals surface area contributed by atoms with Crippen molar-refractivity contribution in [1.29, 1.82) is 0 Å². The predicted octanol–water partition coefficient (Wildman–Crippen LogP) is 4.92. The Morgan fingerprint density at radius 2 is 2.03 bits per heavy atom. The quantitative estimate of drug-likeness (QED) is 0.277. The highest BCUT2D eigenvalue weighted by Crippen LogP contribution is 2.24. The van der Waals surface area contributed by atoms with Crippen LogP contribution in [0.2, 0.25) is 0 Å². The number of nitrogens with one attached hydrogen (secondary N) is 2. The van der Waals surface area contributed by atoms with Gasteiger partial charge in [0, 0.05) is 36.8 Å². The number of oxazole rings is 1. The molecule has 1 atom stereocenters. The number of piperidine rings is 1. The molecule has 1 aromatic heterocycles. The van der Waals surface area contributed by atoms with Gasteiger partial charge in [0.1, 0.15) is 18.1 Å². The van der Waals surface area contributed by atoms with Gasteiger partial charge in [-0.3, -0.25) is 0 Å². The van der Waals surface area contributed by atoms with Crippen LogP contribution in [0.1, 0.15) is 52.2 Å². The molecule has 3 rings (SSSR count). The maximum absolute atomic E-state index is 12.4. The largest absolute Gasteiger partial charge is 0.443 e. The lowest BCUT2D eigenvalue weighted by molar-refractivity contribution is -0.0498. The molecule has 1 fully saturated rings. The summed E-state index contributed by atoms with van der Waals surface area (Å²) in [6.07, 6.45) is 3.80. The van der Waals surface area contributed by atoms with E-state index < -0.39 is 6.61 Å². The summed E-state index contributed by atoms with van der Waals surface area (Å²) in [4.78, 5) is 11.2. The molecule has 1 saturated heterocycles. The Morgan fingerprint density at radius 3 is 2.64 bits per heavy atom. The molecule has 1 aromatic carbocycles. The Labute approximate surface area is 211 Å². The molecule has 0 bridgehead atoms. The number of halogens is 3. The van der Waals surface area contributed by atoms with Crippen molar-refractivity contribution in [2.24, 2.45) is 4.99 Å². The maximum Gasteiger partial charge on any atom is 0.387 e. The van der Waals surface area contributed by atoms with Gasteiger partial charge >= 0.3 is 6.61 Å². The first kappa shape index (κ1) is 27.1. The zero-order valence-corrected chi connectivity index (χ0v) is 21.9. The molecule has 0 saturated carbocycles. The third-order valence-electron chi connectivity index (χ3n) is 5.20. The zero-order chi connectivity index (χ0) is 23.1. The van der Waals surface area contributed by atoms with E-state index in [4.69, 9.17) is 4.42 Å². The summed E-state index contributed by atoms with van der Waals surface area (Å²) < 4.78 is 35.0. The molecule has 0 aliphatic carbocycles. The molecule has 184 valence electrons. The van der Waals surface area contributed by atoms with E-state index in [2.05, 4.69) is 51.0 Å². The van der Waals surface area contributed by atoms with Crippen molar-refractivity contribution < 1.29 is 17.9 Å². The third-order valence-corrected chi connectivity index (χ3v) is 5.20. The average Bonchev–Trinajstić information content (AvgIpc) is 3.22. The Balaban J connectivity index is 0.00000385. The van der Waals surface area contributed by atoms with Crippen molar-refractivity contribution in [3.05, 3.63) is 42.1 Å². The Kier molecular flexibility index (Phi) is 10.2. The fourth-order valence-corrected chi connectivity index (χ4v) is 3.56. The van der Waals surface area contributed by atoms with E-state index in [1.165, 1.54) is 0 Å². The second-order valence-electron chi connectivity index (χ2n) is 8.87. The van der Waals surface area contributed by atoms with Crippen molar-refractivity contribution in [2.75, 3.05) is 24.5 Å². The van der Waals surface area contributed by atoms with Gasteiger partial charge in [-0.05, 0) is 44.0 Å². The number of anilines is 1. The van der Waals surface area contributed by atoms with Crippen LogP contribution in [-0.4, -0.2) is 43.2 Å². The minimum Gasteiger partial charge on any atom is -0.443 e. The normalized spacial score (nSPS) is 17.0. The first-order valence-corrected chi connectivity index (χ1v) is 11.0. The van der Waals surface area contributed by atoms with Gasteiger partial charge in [0.25, 0.3) is 0 Å². The molecule has 0 amide bonds. The first-order chi connectivity index (χ1) is 15.2. The van der Waals surface area contributed by atoms with Crippen LogP contribution in [0, 0.1) is 0 Å². The van der Waals surface area contributed by atoms with Crippen LogP contribution in [0.5, 0.6) is 5.75 Å². The van der Waals surface area contributed by atoms with E-state index in [1.807, 2.05) is 19.1 Å². The molecule has 2 N–H and O–H groups in total. The fourth-order valence-electron chi connectivity index (χ4n) is 3.56. The summed E-state index contributed by atoms with van der Waals surface area (Å²) in [5.41, 5.74) is 0.891. The standard InChI is InChI=1S/C23H33F2N5O2.HI/c1-5-26-22(28-14-20-27-13-19(32-20)23(2,3)4)29-16-7-6-12-30(15-16)17-8-10-18(11-9-17)31-21(24)25;/h8-11,13,16,21H,5-7,12,14-15H2,1-4H3,(H2,26,28,29);1H. The van der Waals surface area contributed by atoms with Crippen molar-refractivity contribution in [2.45, 2.75) is 65.1 Å². The van der Waals surface area contributed by atoms with Crippen molar-refractivity contribution in [1.82, 2.24) is 15.6 Å².